The highest BCUT2D eigenvalue weighted by Crippen LogP contribution is 2.36. The van der Waals surface area contributed by atoms with Crippen molar-refractivity contribution in [3.63, 3.8) is 0 Å². The summed E-state index contributed by atoms with van der Waals surface area (Å²) in [6.07, 6.45) is 0. The van der Waals surface area contributed by atoms with Gasteiger partial charge in [0.15, 0.2) is 0 Å². The lowest BCUT2D eigenvalue weighted by atomic mass is 9.92. The van der Waals surface area contributed by atoms with Crippen LogP contribution < -0.4 is 0 Å². The van der Waals surface area contributed by atoms with Gasteiger partial charge in [0.1, 0.15) is 0 Å². The molecule has 104 heavy (non-hydrogen) atoms. The monoisotopic (exact) mass is 1390 g/mol. The minimum atomic E-state index is 1.27. The molecular weight excluding hydrogens is 1250 g/mol. The Morgan fingerprint density at radius 1 is 0.115 bits per heavy atom. The summed E-state index contributed by atoms with van der Waals surface area (Å²) >= 11 is 0. The van der Waals surface area contributed by atoms with Crippen LogP contribution in [0.25, 0.3) is 89.0 Å². The van der Waals surface area contributed by atoms with Gasteiger partial charge in [0.25, 0.3) is 0 Å². The minimum absolute atomic E-state index is 1.27. The van der Waals surface area contributed by atoms with Crippen LogP contribution in [-0.2, 0) is 0 Å². The Morgan fingerprint density at radius 3 is 0.587 bits per heavy atom. The SMILES string of the molecule is CC.CC.CC.CC.CC.CC.CC.CC.CC.CC.CC.CC.Cc1ccc(-c2ccccc2-c2cccc(C)c2)cc1.Cc1cccc(-c2cccc(-c3ccccc3C)c2)c1.Cc1cccc(-c2ccccc2-c2cccc(C)c2)c1.Cc1cccc(-c2ccccc2-c2ccccc2C)c1. The van der Waals surface area contributed by atoms with Gasteiger partial charge in [0, 0.05) is 0 Å². The van der Waals surface area contributed by atoms with Crippen LogP contribution in [0.15, 0.2) is 291 Å². The first kappa shape index (κ1) is 101. The van der Waals surface area contributed by atoms with Crippen LogP contribution in [0.2, 0.25) is 0 Å². The number of benzene rings is 12. The fourth-order valence-corrected chi connectivity index (χ4v) is 10.4. The second-order valence-corrected chi connectivity index (χ2v) is 21.1. The Hall–Kier alpha value is -9.36. The molecule has 0 aliphatic carbocycles. The average molecular weight is 1390 g/mol. The van der Waals surface area contributed by atoms with Crippen molar-refractivity contribution in [1.29, 1.82) is 0 Å². The molecule has 0 spiro atoms. The third-order valence-corrected chi connectivity index (χ3v) is 14.6. The van der Waals surface area contributed by atoms with E-state index in [2.05, 4.69) is 347 Å². The first-order chi connectivity index (χ1) is 51.0. The molecule has 12 rings (SSSR count). The summed E-state index contributed by atoms with van der Waals surface area (Å²) < 4.78 is 0. The van der Waals surface area contributed by atoms with Crippen LogP contribution in [0.4, 0.5) is 0 Å². The van der Waals surface area contributed by atoms with Crippen LogP contribution in [-0.4, -0.2) is 0 Å². The summed E-state index contributed by atoms with van der Waals surface area (Å²) in [6.45, 7) is 65.1. The van der Waals surface area contributed by atoms with Gasteiger partial charge in [0.05, 0.1) is 0 Å². The molecule has 0 unspecified atom stereocenters. The Morgan fingerprint density at radius 2 is 0.308 bits per heavy atom. The molecule has 0 bridgehead atoms. The molecule has 0 N–H and O–H groups in total. The van der Waals surface area contributed by atoms with Gasteiger partial charge >= 0.3 is 0 Å². The van der Waals surface area contributed by atoms with Crippen molar-refractivity contribution in [2.75, 3.05) is 0 Å². The van der Waals surface area contributed by atoms with Crippen molar-refractivity contribution in [3.05, 3.63) is 336 Å². The molecule has 0 nitrogen and oxygen atoms in total. The zero-order valence-corrected chi connectivity index (χ0v) is 71.7. The van der Waals surface area contributed by atoms with E-state index >= 15 is 0 Å². The molecule has 0 aliphatic rings. The van der Waals surface area contributed by atoms with Crippen molar-refractivity contribution in [1.82, 2.24) is 0 Å². The quantitative estimate of drug-likeness (QED) is 0.142. The molecule has 0 amide bonds. The van der Waals surface area contributed by atoms with E-state index in [1.54, 1.807) is 0 Å². The first-order valence-corrected chi connectivity index (χ1v) is 39.9. The van der Waals surface area contributed by atoms with Crippen LogP contribution in [0.3, 0.4) is 0 Å². The second-order valence-electron chi connectivity index (χ2n) is 21.1. The predicted octanol–water partition coefficient (Wildman–Crippen LogP) is 34.9. The molecule has 12 aromatic carbocycles. The third-order valence-electron chi connectivity index (χ3n) is 14.6. The van der Waals surface area contributed by atoms with E-state index < -0.39 is 0 Å². The van der Waals surface area contributed by atoms with Gasteiger partial charge in [-0.25, -0.2) is 0 Å². The zero-order valence-electron chi connectivity index (χ0n) is 71.7. The van der Waals surface area contributed by atoms with Crippen molar-refractivity contribution in [2.24, 2.45) is 0 Å². The van der Waals surface area contributed by atoms with Crippen molar-refractivity contribution >= 4 is 0 Å². The van der Waals surface area contributed by atoms with E-state index in [-0.39, 0.29) is 0 Å². The van der Waals surface area contributed by atoms with E-state index in [0.29, 0.717) is 0 Å². The maximum atomic E-state index is 2.27. The minimum Gasteiger partial charge on any atom is -0.0683 e. The predicted molar refractivity (Wildman–Crippen MR) is 483 cm³/mol. The molecule has 0 radical (unpaired) electrons. The average Bonchev–Trinajstić information content (AvgIpc) is 0.825. The summed E-state index contributed by atoms with van der Waals surface area (Å²) in [5, 5.41) is 0. The van der Waals surface area contributed by atoms with E-state index in [1.165, 1.54) is 134 Å². The molecule has 0 atom stereocenters. The summed E-state index contributed by atoms with van der Waals surface area (Å²) in [7, 11) is 0. The lowest BCUT2D eigenvalue weighted by Crippen LogP contribution is -1.88. The lowest BCUT2D eigenvalue weighted by Gasteiger charge is -2.12. The molecule has 0 aliphatic heterocycles. The number of rotatable bonds is 8. The summed E-state index contributed by atoms with van der Waals surface area (Å²) in [5.41, 5.74) is 31.0. The second kappa shape index (κ2) is 65.6. The topological polar surface area (TPSA) is 0 Å². The Bertz CT molecular complexity index is 3920. The maximum Gasteiger partial charge on any atom is -0.0103 e. The normalized spacial score (nSPS) is 8.77. The van der Waals surface area contributed by atoms with Crippen molar-refractivity contribution in [2.45, 2.75) is 222 Å². The van der Waals surface area contributed by atoms with Crippen LogP contribution >= 0.6 is 0 Å². The van der Waals surface area contributed by atoms with Crippen LogP contribution in [0.1, 0.15) is 211 Å². The first-order valence-electron chi connectivity index (χ1n) is 39.9. The van der Waals surface area contributed by atoms with Crippen LogP contribution in [0, 0.1) is 55.4 Å². The number of hydrogen-bond acceptors (Lipinski definition) is 0. The van der Waals surface area contributed by atoms with Crippen LogP contribution in [0.5, 0.6) is 0 Å². The summed E-state index contributed by atoms with van der Waals surface area (Å²) in [5.74, 6) is 0. The summed E-state index contributed by atoms with van der Waals surface area (Å²) in [6, 6.07) is 104. The Kier molecular flexibility index (Phi) is 63.8. The fraction of sp³-hybridized carbons (Fsp3) is 0.308. The smallest absolute Gasteiger partial charge is 0.0103 e. The molecule has 0 aromatic heterocycles. The summed E-state index contributed by atoms with van der Waals surface area (Å²) in [4.78, 5) is 0. The molecular formula is C104H144. The van der Waals surface area contributed by atoms with Gasteiger partial charge in [-0.15, -0.1) is 0 Å². The fourth-order valence-electron chi connectivity index (χ4n) is 10.4. The molecule has 560 valence electrons. The third kappa shape index (κ3) is 35.7. The Balaban J connectivity index is -0.000000583. The van der Waals surface area contributed by atoms with E-state index in [1.807, 2.05) is 166 Å². The molecule has 0 heterocycles. The van der Waals surface area contributed by atoms with Gasteiger partial charge in [-0.2, -0.15) is 0 Å². The number of hydrogen-bond donors (Lipinski definition) is 0. The lowest BCUT2D eigenvalue weighted by molar-refractivity contribution is 1.44. The van der Waals surface area contributed by atoms with E-state index in [0.717, 1.165) is 0 Å². The molecule has 0 heteroatoms. The largest absolute Gasteiger partial charge is 0.0683 e. The molecule has 0 saturated carbocycles. The van der Waals surface area contributed by atoms with Crippen molar-refractivity contribution in [3.8, 4) is 89.0 Å². The van der Waals surface area contributed by atoms with Gasteiger partial charge in [0.2, 0.25) is 0 Å². The van der Waals surface area contributed by atoms with E-state index in [9.17, 15) is 0 Å². The highest BCUT2D eigenvalue weighted by Gasteiger charge is 2.11. The van der Waals surface area contributed by atoms with Gasteiger partial charge in [-0.05, 0) is 162 Å². The molecule has 0 saturated heterocycles. The zero-order chi connectivity index (χ0) is 79.8. The standard InChI is InChI=1S/4C20H18.12C2H6/c1-15-7-5-9-17(13-15)19-11-3-4-12-20(19)18-10-6-8-16(2)14-18;1-15-7-5-9-17(13-15)18-10-6-11-19(14-18)20-12-4-3-8-16(20)2;1-15-8-7-10-17(14-15)19-12-5-6-13-20(19)18-11-4-3-9-16(18)2;1-15-10-12-17(13-11-15)19-8-3-4-9-20(19)18-7-5-6-16(2)14-18;12*1-2/h4*3-14H,1-2H3;12*1-2H3. The molecule has 12 aromatic rings. The maximum absolute atomic E-state index is 2.27. The van der Waals surface area contributed by atoms with Crippen molar-refractivity contribution < 1.29 is 0 Å². The number of aryl methyl sites for hydroxylation is 8. The van der Waals surface area contributed by atoms with Gasteiger partial charge in [-0.1, -0.05) is 485 Å². The van der Waals surface area contributed by atoms with Gasteiger partial charge in [-0.3, -0.25) is 0 Å². The van der Waals surface area contributed by atoms with Gasteiger partial charge < -0.3 is 0 Å². The highest BCUT2D eigenvalue weighted by molar-refractivity contribution is 5.87. The highest BCUT2D eigenvalue weighted by atomic mass is 14.2. The molecule has 0 fully saturated rings. The Labute approximate surface area is 642 Å². The van der Waals surface area contributed by atoms with E-state index in [4.69, 9.17) is 0 Å².